The van der Waals surface area contributed by atoms with Crippen molar-refractivity contribution in [3.63, 3.8) is 0 Å². The molecule has 1 aliphatic rings. The van der Waals surface area contributed by atoms with Crippen molar-refractivity contribution in [3.05, 3.63) is 63.9 Å². The summed E-state index contributed by atoms with van der Waals surface area (Å²) in [6, 6.07) is 12.1. The summed E-state index contributed by atoms with van der Waals surface area (Å²) in [6.07, 6.45) is 1.47. The molecule has 1 amide bonds. The summed E-state index contributed by atoms with van der Waals surface area (Å²) in [7, 11) is 0. The van der Waals surface area contributed by atoms with Gasteiger partial charge in [0.1, 0.15) is 5.82 Å². The number of benzene rings is 2. The fourth-order valence-electron chi connectivity index (χ4n) is 2.58. The summed E-state index contributed by atoms with van der Waals surface area (Å²) >= 11 is 3.44. The van der Waals surface area contributed by atoms with Crippen molar-refractivity contribution < 1.29 is 9.18 Å². The van der Waals surface area contributed by atoms with Gasteiger partial charge in [0.05, 0.1) is 0 Å². The topological polar surface area (TPSA) is 29.1 Å². The Hall–Kier alpha value is -1.68. The van der Waals surface area contributed by atoms with Crippen molar-refractivity contribution >= 4 is 27.5 Å². The Bertz CT molecular complexity index is 671. The number of hydrogen-bond donors (Lipinski definition) is 1. The highest BCUT2D eigenvalue weighted by atomic mass is 79.9. The second-order valence-electron chi connectivity index (χ2n) is 5.02. The third-order valence-electron chi connectivity index (χ3n) is 3.56. The van der Waals surface area contributed by atoms with Crippen molar-refractivity contribution in [1.82, 2.24) is 0 Å². The molecule has 0 radical (unpaired) electrons. The maximum Gasteiger partial charge on any atom is 0.228 e. The van der Waals surface area contributed by atoms with E-state index >= 15 is 0 Å². The number of carbonyl (C=O) groups is 1. The van der Waals surface area contributed by atoms with Crippen LogP contribution in [-0.2, 0) is 17.6 Å². The van der Waals surface area contributed by atoms with E-state index in [4.69, 9.17) is 0 Å². The Morgan fingerprint density at radius 1 is 1.15 bits per heavy atom. The van der Waals surface area contributed by atoms with Gasteiger partial charge in [0.15, 0.2) is 0 Å². The van der Waals surface area contributed by atoms with Crippen molar-refractivity contribution in [2.45, 2.75) is 12.8 Å². The van der Waals surface area contributed by atoms with Gasteiger partial charge in [-0.2, -0.15) is 0 Å². The Morgan fingerprint density at radius 3 is 2.75 bits per heavy atom. The van der Waals surface area contributed by atoms with E-state index in [1.54, 1.807) is 12.1 Å². The minimum atomic E-state index is -0.346. The normalized spacial score (nSPS) is 16.8. The molecule has 1 unspecified atom stereocenters. The van der Waals surface area contributed by atoms with Crippen LogP contribution in [0.25, 0.3) is 0 Å². The lowest BCUT2D eigenvalue weighted by atomic mass is 10.1. The summed E-state index contributed by atoms with van der Waals surface area (Å²) in [5.41, 5.74) is 2.93. The first-order valence-corrected chi connectivity index (χ1v) is 7.25. The molecule has 0 saturated heterocycles. The van der Waals surface area contributed by atoms with Crippen LogP contribution < -0.4 is 5.32 Å². The molecule has 0 heterocycles. The monoisotopic (exact) mass is 333 g/mol. The van der Waals surface area contributed by atoms with E-state index in [-0.39, 0.29) is 17.6 Å². The van der Waals surface area contributed by atoms with Crippen LogP contribution in [0.3, 0.4) is 0 Å². The first-order chi connectivity index (χ1) is 9.61. The molecular weight excluding hydrogens is 321 g/mol. The Kier molecular flexibility index (Phi) is 3.57. The van der Waals surface area contributed by atoms with Crippen LogP contribution in [0.2, 0.25) is 0 Å². The van der Waals surface area contributed by atoms with Crippen molar-refractivity contribution in [1.29, 1.82) is 0 Å². The first-order valence-electron chi connectivity index (χ1n) is 6.45. The molecule has 0 aromatic heterocycles. The van der Waals surface area contributed by atoms with Gasteiger partial charge in [-0.1, -0.05) is 28.1 Å². The van der Waals surface area contributed by atoms with Gasteiger partial charge in [0, 0.05) is 16.1 Å². The van der Waals surface area contributed by atoms with Gasteiger partial charge in [-0.15, -0.1) is 0 Å². The van der Waals surface area contributed by atoms with Crippen molar-refractivity contribution in [3.8, 4) is 0 Å². The van der Waals surface area contributed by atoms with Crippen LogP contribution >= 0.6 is 15.9 Å². The largest absolute Gasteiger partial charge is 0.326 e. The zero-order chi connectivity index (χ0) is 14.1. The van der Waals surface area contributed by atoms with Crippen LogP contribution in [0.4, 0.5) is 10.1 Å². The molecular formula is C16H13BrFNO. The number of fused-ring (bicyclic) bond motifs is 1. The number of amides is 1. The first kappa shape index (κ1) is 13.3. The molecule has 0 aliphatic heterocycles. The van der Waals surface area contributed by atoms with Gasteiger partial charge in [-0.25, -0.2) is 4.39 Å². The second-order valence-corrected chi connectivity index (χ2v) is 5.93. The molecule has 1 N–H and O–H groups in total. The van der Waals surface area contributed by atoms with Gasteiger partial charge in [0.2, 0.25) is 5.91 Å². The lowest BCUT2D eigenvalue weighted by molar-refractivity contribution is -0.119. The molecule has 20 heavy (non-hydrogen) atoms. The number of halogens is 2. The highest BCUT2D eigenvalue weighted by Crippen LogP contribution is 2.30. The third kappa shape index (κ3) is 2.75. The minimum absolute atomic E-state index is 0.0528. The zero-order valence-corrected chi connectivity index (χ0v) is 12.3. The number of nitrogens with one attached hydrogen (secondary N) is 1. The van der Waals surface area contributed by atoms with Gasteiger partial charge in [-0.05, 0) is 54.3 Å². The highest BCUT2D eigenvalue weighted by Gasteiger charge is 2.27. The van der Waals surface area contributed by atoms with Crippen LogP contribution in [-0.4, -0.2) is 5.91 Å². The maximum atomic E-state index is 13.1. The molecule has 0 bridgehead atoms. The van der Waals surface area contributed by atoms with Crippen molar-refractivity contribution in [2.24, 2.45) is 5.92 Å². The lowest BCUT2D eigenvalue weighted by Gasteiger charge is -2.10. The van der Waals surface area contributed by atoms with Crippen molar-refractivity contribution in [2.75, 3.05) is 5.32 Å². The second kappa shape index (κ2) is 5.37. The third-order valence-corrected chi connectivity index (χ3v) is 4.06. The summed E-state index contributed by atoms with van der Waals surface area (Å²) in [5.74, 6) is -0.480. The predicted octanol–water partition coefficient (Wildman–Crippen LogP) is 3.94. The minimum Gasteiger partial charge on any atom is -0.326 e. The molecule has 2 aromatic rings. The molecule has 1 aliphatic carbocycles. The molecule has 3 rings (SSSR count). The molecule has 102 valence electrons. The predicted molar refractivity (Wildman–Crippen MR) is 80.1 cm³/mol. The van der Waals surface area contributed by atoms with Gasteiger partial charge in [-0.3, -0.25) is 4.79 Å². The molecule has 1 atom stereocenters. The maximum absolute atomic E-state index is 13.1. The van der Waals surface area contributed by atoms with Crippen LogP contribution in [0, 0.1) is 11.7 Å². The summed E-state index contributed by atoms with van der Waals surface area (Å²) in [4.78, 5) is 12.2. The number of rotatable bonds is 2. The zero-order valence-electron chi connectivity index (χ0n) is 10.7. The standard InChI is InChI=1S/C16H13BrFNO/c17-13-5-4-10-6-12(7-11(10)8-13)16(20)19-15-3-1-2-14(18)9-15/h1-5,8-9,12H,6-7H2,(H,19,20). The smallest absolute Gasteiger partial charge is 0.228 e. The van der Waals surface area contributed by atoms with Gasteiger partial charge in [0.25, 0.3) is 0 Å². The van der Waals surface area contributed by atoms with E-state index in [1.807, 2.05) is 6.07 Å². The summed E-state index contributed by atoms with van der Waals surface area (Å²) < 4.78 is 14.1. The fourth-order valence-corrected chi connectivity index (χ4v) is 2.99. The fraction of sp³-hybridized carbons (Fsp3) is 0.188. The Morgan fingerprint density at radius 2 is 1.95 bits per heavy atom. The summed E-state index contributed by atoms with van der Waals surface area (Å²) in [5, 5.41) is 2.78. The molecule has 0 spiro atoms. The SMILES string of the molecule is O=C(Nc1cccc(F)c1)C1Cc2ccc(Br)cc2C1. The molecule has 0 saturated carbocycles. The van der Waals surface area contributed by atoms with Crippen LogP contribution in [0.5, 0.6) is 0 Å². The molecule has 2 aromatic carbocycles. The van der Waals surface area contributed by atoms with E-state index in [0.717, 1.165) is 17.3 Å². The number of anilines is 1. The Labute approximate surface area is 125 Å². The van der Waals surface area contributed by atoms with E-state index in [9.17, 15) is 9.18 Å². The van der Waals surface area contributed by atoms with E-state index in [2.05, 4.69) is 33.4 Å². The Balaban J connectivity index is 1.71. The molecule has 4 heteroatoms. The lowest BCUT2D eigenvalue weighted by Crippen LogP contribution is -2.23. The van der Waals surface area contributed by atoms with E-state index in [1.165, 1.54) is 23.3 Å². The van der Waals surface area contributed by atoms with E-state index < -0.39 is 0 Å². The van der Waals surface area contributed by atoms with Crippen LogP contribution in [0.1, 0.15) is 11.1 Å². The molecule has 2 nitrogen and oxygen atoms in total. The summed E-state index contributed by atoms with van der Waals surface area (Å²) in [6.45, 7) is 0. The van der Waals surface area contributed by atoms with Gasteiger partial charge < -0.3 is 5.32 Å². The highest BCUT2D eigenvalue weighted by molar-refractivity contribution is 9.10. The van der Waals surface area contributed by atoms with Gasteiger partial charge >= 0.3 is 0 Å². The average molecular weight is 334 g/mol. The van der Waals surface area contributed by atoms with E-state index in [0.29, 0.717) is 5.69 Å². The van der Waals surface area contributed by atoms with Crippen LogP contribution in [0.15, 0.2) is 46.9 Å². The number of carbonyl (C=O) groups excluding carboxylic acids is 1. The number of hydrogen-bond acceptors (Lipinski definition) is 1. The quantitative estimate of drug-likeness (QED) is 0.886. The molecule has 0 fully saturated rings. The average Bonchev–Trinajstić information content (AvgIpc) is 2.81.